The van der Waals surface area contributed by atoms with Crippen LogP contribution in [0.3, 0.4) is 0 Å². The molecule has 5 amide bonds. The zero-order valence-corrected chi connectivity index (χ0v) is 17.4. The molecule has 12 heteroatoms. The lowest BCUT2D eigenvalue weighted by atomic mass is 9.84. The van der Waals surface area contributed by atoms with Crippen molar-refractivity contribution in [2.75, 3.05) is 0 Å². The molecule has 12 nitrogen and oxygen atoms in total. The summed E-state index contributed by atoms with van der Waals surface area (Å²) in [5.41, 5.74) is 0.640. The highest BCUT2D eigenvalue weighted by atomic mass is 16.3. The quantitative estimate of drug-likeness (QED) is 0.239. The highest BCUT2D eigenvalue weighted by molar-refractivity contribution is 6.24. The molecule has 0 spiro atoms. The molecule has 4 unspecified atom stereocenters. The number of hydrazine groups is 1. The number of nitrogens with zero attached hydrogens (tertiary/aromatic N) is 2. The zero-order chi connectivity index (χ0) is 23.6. The van der Waals surface area contributed by atoms with E-state index >= 15 is 0 Å². The largest absolute Gasteiger partial charge is 0.389 e. The number of nitrogens with two attached hydrogens (primary N) is 1. The number of aliphatic hydroxyl groups is 2. The van der Waals surface area contributed by atoms with Gasteiger partial charge in [-0.15, -0.1) is 0 Å². The highest BCUT2D eigenvalue weighted by Crippen LogP contribution is 2.40. The fourth-order valence-electron chi connectivity index (χ4n) is 5.42. The van der Waals surface area contributed by atoms with Gasteiger partial charge in [-0.25, -0.2) is 5.01 Å². The third-order valence-electron chi connectivity index (χ3n) is 7.07. The summed E-state index contributed by atoms with van der Waals surface area (Å²) in [4.78, 5) is 63.4. The van der Waals surface area contributed by atoms with Crippen LogP contribution in [0.4, 0.5) is 0 Å². The number of carbonyl (C=O) groups is 5. The Bertz CT molecular complexity index is 1090. The molecule has 4 aliphatic rings. The normalized spacial score (nSPS) is 33.5. The summed E-state index contributed by atoms with van der Waals surface area (Å²) in [6.45, 7) is -0.0542. The number of nitrogens with one attached hydrogen (secondary N) is 2. The van der Waals surface area contributed by atoms with Crippen LogP contribution in [0.1, 0.15) is 45.5 Å². The summed E-state index contributed by atoms with van der Waals surface area (Å²) in [5.74, 6) is 2.46. The van der Waals surface area contributed by atoms with Crippen LogP contribution in [0, 0.1) is 5.92 Å². The summed E-state index contributed by atoms with van der Waals surface area (Å²) < 4.78 is 0. The van der Waals surface area contributed by atoms with E-state index in [9.17, 15) is 34.2 Å². The second kappa shape index (κ2) is 7.70. The molecule has 0 saturated carbocycles. The first-order chi connectivity index (χ1) is 15.7. The Morgan fingerprint density at radius 1 is 1.15 bits per heavy atom. The molecular formula is C21H23N5O7. The summed E-state index contributed by atoms with van der Waals surface area (Å²) in [6, 6.07) is 2.37. The SMILES string of the molecule is NN1C2C[C@H](C(=O)NCc3cccc4c3C(=O)N(C3CCC(=O)NC3=O)C4=O)C1[C@H](O)C2O. The van der Waals surface area contributed by atoms with E-state index in [0.717, 1.165) is 4.90 Å². The Kier molecular flexibility index (Phi) is 5.05. The van der Waals surface area contributed by atoms with Crippen LogP contribution in [0.25, 0.3) is 0 Å². The Hall–Kier alpha value is -3.19. The van der Waals surface area contributed by atoms with Crippen molar-refractivity contribution in [2.45, 2.75) is 56.1 Å². The molecule has 4 aliphatic heterocycles. The first-order valence-electron chi connectivity index (χ1n) is 10.7. The molecule has 2 bridgehead atoms. The standard InChI is InChI=1S/C21H23N5O7/c22-26-12-6-10(15(26)17(29)16(12)28)18(30)23-7-8-2-1-3-9-14(8)21(33)25(20(9)32)11-4-5-13(27)24-19(11)31/h1-3,10-12,15-17,28-29H,4-7,22H2,(H,23,30)(H,24,27,31)/t10-,11?,12?,15?,16?,17-/m0/s1. The van der Waals surface area contributed by atoms with Crippen molar-refractivity contribution < 1.29 is 34.2 Å². The van der Waals surface area contributed by atoms with E-state index < -0.39 is 59.9 Å². The van der Waals surface area contributed by atoms with E-state index in [0.29, 0.717) is 12.0 Å². The Morgan fingerprint density at radius 2 is 1.91 bits per heavy atom. The number of rotatable bonds is 4. The number of hydrogen-bond acceptors (Lipinski definition) is 9. The van der Waals surface area contributed by atoms with E-state index in [-0.39, 0.29) is 36.4 Å². The van der Waals surface area contributed by atoms with Gasteiger partial charge >= 0.3 is 0 Å². The van der Waals surface area contributed by atoms with E-state index in [1.165, 1.54) is 11.1 Å². The fourth-order valence-corrected chi connectivity index (χ4v) is 5.42. The van der Waals surface area contributed by atoms with Crippen LogP contribution in [0.5, 0.6) is 0 Å². The maximum absolute atomic E-state index is 13.1. The average Bonchev–Trinajstić information content (AvgIpc) is 3.32. The monoisotopic (exact) mass is 457 g/mol. The number of carbonyl (C=O) groups excluding carboxylic acids is 5. The molecule has 0 radical (unpaired) electrons. The molecule has 3 fully saturated rings. The van der Waals surface area contributed by atoms with Crippen molar-refractivity contribution in [3.63, 3.8) is 0 Å². The number of benzene rings is 1. The summed E-state index contributed by atoms with van der Waals surface area (Å²) >= 11 is 0. The van der Waals surface area contributed by atoms with Gasteiger partial charge in [0, 0.05) is 13.0 Å². The van der Waals surface area contributed by atoms with Gasteiger partial charge in [-0.2, -0.15) is 0 Å². The zero-order valence-electron chi connectivity index (χ0n) is 17.4. The third-order valence-corrected chi connectivity index (χ3v) is 7.07. The topological polar surface area (TPSA) is 182 Å². The highest BCUT2D eigenvalue weighted by Gasteiger charge is 2.58. The lowest BCUT2D eigenvalue weighted by Gasteiger charge is -2.28. The number of fused-ring (bicyclic) bond motifs is 3. The lowest BCUT2D eigenvalue weighted by Crippen LogP contribution is -2.54. The maximum atomic E-state index is 13.1. The van der Waals surface area contributed by atoms with Crippen molar-refractivity contribution in [1.29, 1.82) is 0 Å². The molecule has 0 aromatic heterocycles. The summed E-state index contributed by atoms with van der Waals surface area (Å²) in [5, 5.41) is 26.3. The van der Waals surface area contributed by atoms with Gasteiger partial charge in [-0.3, -0.25) is 40.0 Å². The molecule has 6 N–H and O–H groups in total. The minimum Gasteiger partial charge on any atom is -0.389 e. The molecule has 3 saturated heterocycles. The van der Waals surface area contributed by atoms with Crippen molar-refractivity contribution >= 4 is 29.5 Å². The molecule has 1 aromatic rings. The number of piperidine rings is 1. The van der Waals surface area contributed by atoms with Gasteiger partial charge in [-0.05, 0) is 24.5 Å². The van der Waals surface area contributed by atoms with E-state index in [4.69, 9.17) is 5.84 Å². The van der Waals surface area contributed by atoms with E-state index in [1.54, 1.807) is 12.1 Å². The van der Waals surface area contributed by atoms with Crippen molar-refractivity contribution in [1.82, 2.24) is 20.5 Å². The fraction of sp³-hybridized carbons (Fsp3) is 0.476. The minimum atomic E-state index is -1.13. The van der Waals surface area contributed by atoms with Crippen molar-refractivity contribution in [3.05, 3.63) is 34.9 Å². The van der Waals surface area contributed by atoms with Gasteiger partial charge in [0.15, 0.2) is 0 Å². The smallest absolute Gasteiger partial charge is 0.262 e. The molecule has 0 aliphatic carbocycles. The van der Waals surface area contributed by atoms with Crippen LogP contribution < -0.4 is 16.5 Å². The van der Waals surface area contributed by atoms with Gasteiger partial charge in [0.25, 0.3) is 11.8 Å². The van der Waals surface area contributed by atoms with Crippen LogP contribution in [0.2, 0.25) is 0 Å². The summed E-state index contributed by atoms with van der Waals surface area (Å²) in [6.07, 6.45) is -1.78. The van der Waals surface area contributed by atoms with Crippen molar-refractivity contribution in [3.8, 4) is 0 Å². The number of aliphatic hydroxyl groups excluding tert-OH is 2. The van der Waals surface area contributed by atoms with Crippen molar-refractivity contribution in [2.24, 2.45) is 11.8 Å². The third kappa shape index (κ3) is 3.17. The van der Waals surface area contributed by atoms with Gasteiger partial charge in [0.1, 0.15) is 6.04 Å². The Balaban J connectivity index is 1.32. The first-order valence-corrected chi connectivity index (χ1v) is 10.7. The number of hydrogen-bond donors (Lipinski definition) is 5. The second-order valence-corrected chi connectivity index (χ2v) is 8.83. The number of amides is 5. The predicted molar refractivity (Wildman–Crippen MR) is 109 cm³/mol. The second-order valence-electron chi connectivity index (χ2n) is 8.83. The van der Waals surface area contributed by atoms with Gasteiger partial charge in [0.05, 0.1) is 41.3 Å². The molecule has 5 rings (SSSR count). The Labute approximate surface area is 187 Å². The molecule has 174 valence electrons. The first kappa shape index (κ1) is 21.6. The molecule has 33 heavy (non-hydrogen) atoms. The average molecular weight is 457 g/mol. The molecule has 6 atom stereocenters. The predicted octanol–water partition coefficient (Wildman–Crippen LogP) is -2.63. The maximum Gasteiger partial charge on any atom is 0.262 e. The van der Waals surface area contributed by atoms with Gasteiger partial charge in [-0.1, -0.05) is 12.1 Å². The van der Waals surface area contributed by atoms with Gasteiger partial charge in [0.2, 0.25) is 17.7 Å². The van der Waals surface area contributed by atoms with Crippen LogP contribution in [0.15, 0.2) is 18.2 Å². The summed E-state index contributed by atoms with van der Waals surface area (Å²) in [7, 11) is 0. The Morgan fingerprint density at radius 3 is 2.58 bits per heavy atom. The lowest BCUT2D eigenvalue weighted by molar-refractivity contribution is -0.136. The van der Waals surface area contributed by atoms with E-state index in [1.807, 2.05) is 0 Å². The minimum absolute atomic E-state index is 0.0228. The molecular weight excluding hydrogens is 434 g/mol. The van der Waals surface area contributed by atoms with Gasteiger partial charge < -0.3 is 15.5 Å². The van der Waals surface area contributed by atoms with Crippen LogP contribution >= 0.6 is 0 Å². The molecule has 1 aromatic carbocycles. The van der Waals surface area contributed by atoms with E-state index in [2.05, 4.69) is 10.6 Å². The number of imide groups is 2. The van der Waals surface area contributed by atoms with Crippen LogP contribution in [-0.2, 0) is 20.9 Å². The molecule has 4 heterocycles. The van der Waals surface area contributed by atoms with Crippen LogP contribution in [-0.4, -0.2) is 80.0 Å².